The zero-order valence-electron chi connectivity index (χ0n) is 20.0. The molecule has 0 radical (unpaired) electrons. The fraction of sp³-hybridized carbons (Fsp3) is 0.560. The first-order valence-electron chi connectivity index (χ1n) is 12.5. The van der Waals surface area contributed by atoms with Gasteiger partial charge in [0.15, 0.2) is 0 Å². The quantitative estimate of drug-likeness (QED) is 0.567. The number of rotatable bonds is 7. The molecule has 9 nitrogen and oxygen atoms in total. The molecule has 2 heterocycles. The fourth-order valence-electron chi connectivity index (χ4n) is 5.21. The second kappa shape index (κ2) is 11.0. The summed E-state index contributed by atoms with van der Waals surface area (Å²) in [6, 6.07) is 9.26. The van der Waals surface area contributed by atoms with Crippen LogP contribution in [0.25, 0.3) is 11.3 Å². The van der Waals surface area contributed by atoms with Gasteiger partial charge in [-0.3, -0.25) is 18.7 Å². The molecule has 1 aromatic carbocycles. The number of nitrogens with zero attached hydrogens (tertiary/aromatic N) is 3. The lowest BCUT2D eigenvalue weighted by molar-refractivity contribution is -0.122. The van der Waals surface area contributed by atoms with Crippen LogP contribution in [0.2, 0.25) is 0 Å². The van der Waals surface area contributed by atoms with Gasteiger partial charge >= 0.3 is 5.69 Å². The lowest BCUT2D eigenvalue weighted by atomic mass is 9.89. The molecule has 4 rings (SSSR count). The monoisotopic (exact) mass is 468 g/mol. The summed E-state index contributed by atoms with van der Waals surface area (Å²) in [6.45, 7) is 4.97. The van der Waals surface area contributed by atoms with E-state index in [9.17, 15) is 14.4 Å². The largest absolute Gasteiger partial charge is 0.351 e. The minimum absolute atomic E-state index is 0.0234. The van der Waals surface area contributed by atoms with Gasteiger partial charge in [0.2, 0.25) is 5.91 Å². The maximum Gasteiger partial charge on any atom is 0.329 e. The van der Waals surface area contributed by atoms with Gasteiger partial charge < -0.3 is 21.3 Å². The third-order valence-corrected chi connectivity index (χ3v) is 6.91. The van der Waals surface area contributed by atoms with E-state index in [0.29, 0.717) is 30.9 Å². The molecule has 2 amide bonds. The van der Waals surface area contributed by atoms with Crippen LogP contribution >= 0.6 is 0 Å². The molecule has 0 spiro atoms. The maximum atomic E-state index is 13.9. The van der Waals surface area contributed by atoms with E-state index in [1.807, 2.05) is 42.2 Å². The molecule has 1 aromatic heterocycles. The highest BCUT2D eigenvalue weighted by Gasteiger charge is 2.36. The van der Waals surface area contributed by atoms with Crippen molar-refractivity contribution >= 4 is 11.8 Å². The van der Waals surface area contributed by atoms with Gasteiger partial charge in [-0.15, -0.1) is 0 Å². The van der Waals surface area contributed by atoms with E-state index in [1.54, 1.807) is 9.13 Å². The Kier molecular flexibility index (Phi) is 7.84. The maximum absolute atomic E-state index is 13.9. The summed E-state index contributed by atoms with van der Waals surface area (Å²) < 4.78 is 3.33. The highest BCUT2D eigenvalue weighted by atomic mass is 16.2. The molecule has 1 aliphatic heterocycles. The van der Waals surface area contributed by atoms with Gasteiger partial charge in [-0.05, 0) is 12.8 Å². The zero-order chi connectivity index (χ0) is 24.1. The van der Waals surface area contributed by atoms with Crippen LogP contribution in [-0.2, 0) is 11.3 Å². The fourth-order valence-corrected chi connectivity index (χ4v) is 5.21. The number of benzene rings is 1. The summed E-state index contributed by atoms with van der Waals surface area (Å²) in [7, 11) is 0. The van der Waals surface area contributed by atoms with Crippen LogP contribution in [0.3, 0.4) is 0 Å². The molecule has 2 aliphatic rings. The summed E-state index contributed by atoms with van der Waals surface area (Å²) in [6.07, 6.45) is 3.93. The van der Waals surface area contributed by atoms with E-state index in [1.165, 1.54) is 0 Å². The van der Waals surface area contributed by atoms with Gasteiger partial charge in [0.25, 0.3) is 5.91 Å². The smallest absolute Gasteiger partial charge is 0.329 e. The van der Waals surface area contributed by atoms with Gasteiger partial charge in [0.05, 0.1) is 11.7 Å². The third kappa shape index (κ3) is 4.81. The number of imidazole rings is 1. The Balaban J connectivity index is 1.91. The molecule has 9 heteroatoms. The number of carbonyl (C=O) groups is 2. The highest BCUT2D eigenvalue weighted by Crippen LogP contribution is 2.34. The van der Waals surface area contributed by atoms with E-state index in [4.69, 9.17) is 5.73 Å². The number of amides is 2. The Bertz CT molecular complexity index is 1050. The first-order valence-corrected chi connectivity index (χ1v) is 12.5. The summed E-state index contributed by atoms with van der Waals surface area (Å²) in [5.74, 6) is -0.167. The molecule has 2 aromatic rings. The normalized spacial score (nSPS) is 20.8. The Labute approximate surface area is 200 Å². The second-order valence-corrected chi connectivity index (χ2v) is 9.08. The first-order chi connectivity index (χ1) is 16.6. The van der Waals surface area contributed by atoms with Crippen LogP contribution in [0.15, 0.2) is 35.1 Å². The number of hydrogen-bond donors (Lipinski definition) is 3. The summed E-state index contributed by atoms with van der Waals surface area (Å²) in [5, 5.41) is 6.42. The SMILES string of the molecule is CCC(=O)NC1CCCCC1n1c(-c2ccccc2)c(C(=O)N2CCNCC2)n(CCN)c1=O. The average Bonchev–Trinajstić information content (AvgIpc) is 3.17. The highest BCUT2D eigenvalue weighted by molar-refractivity contribution is 5.99. The molecule has 184 valence electrons. The Morgan fingerprint density at radius 2 is 1.82 bits per heavy atom. The van der Waals surface area contributed by atoms with Gasteiger partial charge in [0.1, 0.15) is 5.69 Å². The Morgan fingerprint density at radius 1 is 1.12 bits per heavy atom. The second-order valence-electron chi connectivity index (χ2n) is 9.08. The molecule has 1 saturated heterocycles. The Hall–Kier alpha value is -2.91. The minimum Gasteiger partial charge on any atom is -0.351 e. The van der Waals surface area contributed by atoms with Crippen molar-refractivity contribution in [2.45, 2.75) is 57.7 Å². The topological polar surface area (TPSA) is 114 Å². The minimum atomic E-state index is -0.231. The third-order valence-electron chi connectivity index (χ3n) is 6.91. The number of aromatic nitrogens is 2. The van der Waals surface area contributed by atoms with E-state index in [0.717, 1.165) is 44.3 Å². The van der Waals surface area contributed by atoms with Gasteiger partial charge in [-0.1, -0.05) is 50.1 Å². The van der Waals surface area contributed by atoms with Crippen LogP contribution in [0.5, 0.6) is 0 Å². The van der Waals surface area contributed by atoms with Gasteiger partial charge in [-0.2, -0.15) is 0 Å². The lowest BCUT2D eigenvalue weighted by Crippen LogP contribution is -2.47. The number of nitrogens with two attached hydrogens (primary N) is 1. The van der Waals surface area contributed by atoms with Gasteiger partial charge in [-0.25, -0.2) is 4.79 Å². The van der Waals surface area contributed by atoms with E-state index in [2.05, 4.69) is 10.6 Å². The molecule has 2 atom stereocenters. The molecule has 1 saturated carbocycles. The molecule has 2 unspecified atom stereocenters. The van der Waals surface area contributed by atoms with Crippen LogP contribution < -0.4 is 22.1 Å². The molecule has 1 aliphatic carbocycles. The molecule has 4 N–H and O–H groups in total. The number of nitrogens with one attached hydrogen (secondary N) is 2. The van der Waals surface area contributed by atoms with Crippen molar-refractivity contribution in [1.82, 2.24) is 24.7 Å². The van der Waals surface area contributed by atoms with Crippen molar-refractivity contribution in [3.05, 3.63) is 46.5 Å². The van der Waals surface area contributed by atoms with Crippen molar-refractivity contribution in [3.8, 4) is 11.3 Å². The van der Waals surface area contributed by atoms with Crippen molar-refractivity contribution < 1.29 is 9.59 Å². The van der Waals surface area contributed by atoms with Crippen molar-refractivity contribution in [3.63, 3.8) is 0 Å². The van der Waals surface area contributed by atoms with Crippen LogP contribution in [0.4, 0.5) is 0 Å². The van der Waals surface area contributed by atoms with E-state index < -0.39 is 0 Å². The number of carbonyl (C=O) groups excluding carboxylic acids is 2. The molecular formula is C25H36N6O3. The van der Waals surface area contributed by atoms with Crippen LogP contribution in [-0.4, -0.2) is 64.6 Å². The average molecular weight is 469 g/mol. The molecule has 2 fully saturated rings. The molecule has 0 bridgehead atoms. The number of piperazine rings is 1. The predicted molar refractivity (Wildman–Crippen MR) is 132 cm³/mol. The summed E-state index contributed by atoms with van der Waals surface area (Å²) in [5.41, 5.74) is 7.52. The van der Waals surface area contributed by atoms with E-state index >= 15 is 0 Å². The predicted octanol–water partition coefficient (Wildman–Crippen LogP) is 1.33. The Morgan fingerprint density at radius 3 is 2.50 bits per heavy atom. The number of hydrogen-bond acceptors (Lipinski definition) is 5. The zero-order valence-corrected chi connectivity index (χ0v) is 20.0. The standard InChI is InChI=1S/C25H36N6O3/c1-2-21(32)28-19-10-6-7-11-20(19)31-22(18-8-4-3-5-9-18)23(30(15-12-26)25(31)34)24(33)29-16-13-27-14-17-29/h3-5,8-9,19-20,27H,2,6-7,10-17,26H2,1H3,(H,28,32). The van der Waals surface area contributed by atoms with Crippen molar-refractivity contribution in [2.75, 3.05) is 32.7 Å². The molecular weight excluding hydrogens is 432 g/mol. The van der Waals surface area contributed by atoms with Crippen molar-refractivity contribution in [2.24, 2.45) is 5.73 Å². The van der Waals surface area contributed by atoms with Crippen LogP contribution in [0, 0.1) is 0 Å². The first kappa shape index (κ1) is 24.2. The lowest BCUT2D eigenvalue weighted by Gasteiger charge is -2.34. The van der Waals surface area contributed by atoms with Crippen LogP contribution in [0.1, 0.15) is 55.6 Å². The van der Waals surface area contributed by atoms with Gasteiger partial charge in [0, 0.05) is 57.3 Å². The van der Waals surface area contributed by atoms with E-state index in [-0.39, 0.29) is 42.7 Å². The summed E-state index contributed by atoms with van der Waals surface area (Å²) in [4.78, 5) is 41.9. The summed E-state index contributed by atoms with van der Waals surface area (Å²) >= 11 is 0. The van der Waals surface area contributed by atoms with Crippen molar-refractivity contribution in [1.29, 1.82) is 0 Å². The molecule has 34 heavy (non-hydrogen) atoms.